The second-order valence-electron chi connectivity index (χ2n) is 3.82. The van der Waals surface area contributed by atoms with Crippen LogP contribution in [-0.4, -0.2) is 54.1 Å². The van der Waals surface area contributed by atoms with Crippen molar-refractivity contribution >= 4 is 6.09 Å². The number of ether oxygens (including phenoxy) is 1. The van der Waals surface area contributed by atoms with Crippen LogP contribution in [0.4, 0.5) is 4.79 Å². The Labute approximate surface area is 89.6 Å². The van der Waals surface area contributed by atoms with E-state index in [-0.39, 0.29) is 31.1 Å². The number of amides is 1. The van der Waals surface area contributed by atoms with Gasteiger partial charge >= 0.3 is 6.09 Å². The highest BCUT2D eigenvalue weighted by molar-refractivity contribution is 5.68. The van der Waals surface area contributed by atoms with Crippen molar-refractivity contribution in [2.45, 2.75) is 13.3 Å². The summed E-state index contributed by atoms with van der Waals surface area (Å²) in [5, 5.41) is 18.0. The number of aliphatic hydroxyl groups is 2. The summed E-state index contributed by atoms with van der Waals surface area (Å²) in [6, 6.07) is 0. The van der Waals surface area contributed by atoms with E-state index in [1.807, 2.05) is 0 Å². The van der Waals surface area contributed by atoms with Gasteiger partial charge in [0.15, 0.2) is 0 Å². The lowest BCUT2D eigenvalue weighted by atomic mass is 9.94. The van der Waals surface area contributed by atoms with E-state index in [4.69, 9.17) is 14.9 Å². The van der Waals surface area contributed by atoms with E-state index < -0.39 is 0 Å². The van der Waals surface area contributed by atoms with Crippen molar-refractivity contribution < 1.29 is 19.7 Å². The van der Waals surface area contributed by atoms with E-state index in [2.05, 4.69) is 0 Å². The highest BCUT2D eigenvalue weighted by Gasteiger charge is 2.34. The maximum absolute atomic E-state index is 11.4. The van der Waals surface area contributed by atoms with Crippen LogP contribution >= 0.6 is 0 Å². The van der Waals surface area contributed by atoms with E-state index in [1.54, 1.807) is 11.8 Å². The van der Waals surface area contributed by atoms with Gasteiger partial charge in [-0.25, -0.2) is 4.79 Å². The lowest BCUT2D eigenvalue weighted by Crippen LogP contribution is -2.29. The topological polar surface area (TPSA) is 70.0 Å². The van der Waals surface area contributed by atoms with Gasteiger partial charge in [-0.1, -0.05) is 0 Å². The molecule has 0 bridgehead atoms. The molecule has 1 aliphatic heterocycles. The van der Waals surface area contributed by atoms with Crippen LogP contribution in [0.5, 0.6) is 0 Å². The fourth-order valence-corrected chi connectivity index (χ4v) is 2.00. The zero-order chi connectivity index (χ0) is 11.3. The maximum atomic E-state index is 11.4. The Morgan fingerprint density at radius 2 is 2.07 bits per heavy atom. The van der Waals surface area contributed by atoms with Crippen molar-refractivity contribution in [2.75, 3.05) is 32.9 Å². The molecule has 0 aromatic rings. The van der Waals surface area contributed by atoms with Crippen molar-refractivity contribution in [3.8, 4) is 0 Å². The minimum Gasteiger partial charge on any atom is -0.450 e. The number of carbonyl (C=O) groups excluding carboxylic acids is 1. The summed E-state index contributed by atoms with van der Waals surface area (Å²) in [5.74, 6) is 0.256. The molecule has 2 atom stereocenters. The first-order valence-electron chi connectivity index (χ1n) is 5.36. The average Bonchev–Trinajstić information content (AvgIpc) is 2.62. The van der Waals surface area contributed by atoms with Gasteiger partial charge in [-0.15, -0.1) is 0 Å². The molecule has 1 saturated heterocycles. The van der Waals surface area contributed by atoms with Gasteiger partial charge in [0.25, 0.3) is 0 Å². The van der Waals surface area contributed by atoms with E-state index in [1.165, 1.54) is 0 Å². The van der Waals surface area contributed by atoms with Crippen molar-refractivity contribution in [2.24, 2.45) is 11.8 Å². The van der Waals surface area contributed by atoms with Gasteiger partial charge in [-0.2, -0.15) is 0 Å². The number of rotatable bonds is 4. The number of nitrogens with zero attached hydrogens (tertiary/aromatic N) is 1. The molecular formula is C10H19NO4. The molecule has 0 aromatic carbocycles. The summed E-state index contributed by atoms with van der Waals surface area (Å²) in [6.45, 7) is 3.38. The van der Waals surface area contributed by atoms with Gasteiger partial charge in [-0.3, -0.25) is 0 Å². The molecule has 0 aromatic heterocycles. The molecule has 1 rings (SSSR count). The second kappa shape index (κ2) is 5.92. The summed E-state index contributed by atoms with van der Waals surface area (Å²) in [7, 11) is 0. The van der Waals surface area contributed by atoms with Crippen molar-refractivity contribution in [1.82, 2.24) is 4.90 Å². The molecule has 1 fully saturated rings. The third-order valence-electron chi connectivity index (χ3n) is 2.84. The zero-order valence-electron chi connectivity index (χ0n) is 9.06. The third-order valence-corrected chi connectivity index (χ3v) is 2.84. The smallest absolute Gasteiger partial charge is 0.409 e. The maximum Gasteiger partial charge on any atom is 0.409 e. The Kier molecular flexibility index (Phi) is 4.84. The Morgan fingerprint density at radius 1 is 1.40 bits per heavy atom. The van der Waals surface area contributed by atoms with Crippen LogP contribution in [0.25, 0.3) is 0 Å². The van der Waals surface area contributed by atoms with E-state index in [0.29, 0.717) is 26.1 Å². The lowest BCUT2D eigenvalue weighted by Gasteiger charge is -2.15. The molecular weight excluding hydrogens is 198 g/mol. The quantitative estimate of drug-likeness (QED) is 0.699. The van der Waals surface area contributed by atoms with Gasteiger partial charge in [0, 0.05) is 32.2 Å². The minimum atomic E-state index is -0.323. The van der Waals surface area contributed by atoms with E-state index >= 15 is 0 Å². The largest absolute Gasteiger partial charge is 0.450 e. The van der Waals surface area contributed by atoms with Crippen LogP contribution in [0.1, 0.15) is 13.3 Å². The minimum absolute atomic E-state index is 0.0561. The molecule has 0 aliphatic carbocycles. The molecule has 0 saturated carbocycles. The van der Waals surface area contributed by atoms with Gasteiger partial charge in [0.2, 0.25) is 0 Å². The van der Waals surface area contributed by atoms with Crippen LogP contribution in [0.3, 0.4) is 0 Å². The number of aliphatic hydroxyl groups excluding tert-OH is 2. The number of hydrogen-bond acceptors (Lipinski definition) is 4. The number of likely N-dealkylation sites (tertiary alicyclic amines) is 1. The predicted molar refractivity (Wildman–Crippen MR) is 54.4 cm³/mol. The molecule has 1 amide bonds. The first-order chi connectivity index (χ1) is 7.22. The highest BCUT2D eigenvalue weighted by atomic mass is 16.6. The molecule has 15 heavy (non-hydrogen) atoms. The number of hydrogen-bond donors (Lipinski definition) is 2. The molecule has 0 radical (unpaired) electrons. The van der Waals surface area contributed by atoms with E-state index in [9.17, 15) is 4.79 Å². The highest BCUT2D eigenvalue weighted by Crippen LogP contribution is 2.26. The SMILES string of the molecule is CCOC(=O)N1CC(CO)C(CCO)C1. The Hall–Kier alpha value is -0.810. The first-order valence-corrected chi connectivity index (χ1v) is 5.36. The molecule has 1 heterocycles. The van der Waals surface area contributed by atoms with Gasteiger partial charge in [0.05, 0.1) is 6.61 Å². The Balaban J connectivity index is 2.48. The van der Waals surface area contributed by atoms with Crippen molar-refractivity contribution in [1.29, 1.82) is 0 Å². The monoisotopic (exact) mass is 217 g/mol. The van der Waals surface area contributed by atoms with Gasteiger partial charge < -0.3 is 19.8 Å². The molecule has 5 nitrogen and oxygen atoms in total. The fourth-order valence-electron chi connectivity index (χ4n) is 2.00. The molecule has 2 unspecified atom stereocenters. The number of carbonyl (C=O) groups is 1. The summed E-state index contributed by atoms with van der Waals surface area (Å²) in [6.07, 6.45) is 0.303. The average molecular weight is 217 g/mol. The summed E-state index contributed by atoms with van der Waals surface area (Å²) >= 11 is 0. The predicted octanol–water partition coefficient (Wildman–Crippen LogP) is 0.0656. The molecule has 0 spiro atoms. The Morgan fingerprint density at radius 3 is 2.60 bits per heavy atom. The third kappa shape index (κ3) is 3.07. The molecule has 2 N–H and O–H groups in total. The standard InChI is InChI=1S/C10H19NO4/c1-2-15-10(14)11-5-8(3-4-12)9(6-11)7-13/h8-9,12-13H,2-7H2,1H3. The lowest BCUT2D eigenvalue weighted by molar-refractivity contribution is 0.112. The molecule has 88 valence electrons. The van der Waals surface area contributed by atoms with E-state index in [0.717, 1.165) is 0 Å². The van der Waals surface area contributed by atoms with Gasteiger partial charge in [-0.05, 0) is 19.3 Å². The first kappa shape index (κ1) is 12.3. The van der Waals surface area contributed by atoms with Crippen molar-refractivity contribution in [3.05, 3.63) is 0 Å². The summed E-state index contributed by atoms with van der Waals surface area (Å²) in [5.41, 5.74) is 0. The molecule has 1 aliphatic rings. The van der Waals surface area contributed by atoms with Crippen molar-refractivity contribution in [3.63, 3.8) is 0 Å². The van der Waals surface area contributed by atoms with Crippen LogP contribution in [0.15, 0.2) is 0 Å². The fraction of sp³-hybridized carbons (Fsp3) is 0.900. The Bertz CT molecular complexity index is 210. The zero-order valence-corrected chi connectivity index (χ0v) is 9.06. The van der Waals surface area contributed by atoms with Crippen LogP contribution < -0.4 is 0 Å². The summed E-state index contributed by atoms with van der Waals surface area (Å²) in [4.78, 5) is 13.0. The van der Waals surface area contributed by atoms with Crippen LogP contribution in [0.2, 0.25) is 0 Å². The van der Waals surface area contributed by atoms with Crippen LogP contribution in [0, 0.1) is 11.8 Å². The van der Waals surface area contributed by atoms with Gasteiger partial charge in [0.1, 0.15) is 0 Å². The second-order valence-corrected chi connectivity index (χ2v) is 3.82. The summed E-state index contributed by atoms with van der Waals surface area (Å²) < 4.78 is 4.89. The normalized spacial score (nSPS) is 25.7. The van der Waals surface area contributed by atoms with Crippen LogP contribution in [-0.2, 0) is 4.74 Å². The molecule has 5 heteroatoms.